The van der Waals surface area contributed by atoms with Crippen LogP contribution in [-0.2, 0) is 0 Å². The van der Waals surface area contributed by atoms with Crippen LogP contribution in [-0.4, -0.2) is 9.78 Å². The highest BCUT2D eigenvalue weighted by atomic mass is 19.1. The predicted molar refractivity (Wildman–Crippen MR) is 69.7 cm³/mol. The van der Waals surface area contributed by atoms with Gasteiger partial charge in [0.05, 0.1) is 6.04 Å². The number of benzene rings is 1. The summed E-state index contributed by atoms with van der Waals surface area (Å²) in [7, 11) is 0. The summed E-state index contributed by atoms with van der Waals surface area (Å²) in [4.78, 5) is 0. The molecule has 18 heavy (non-hydrogen) atoms. The van der Waals surface area contributed by atoms with E-state index < -0.39 is 5.82 Å². The van der Waals surface area contributed by atoms with E-state index in [0.717, 1.165) is 17.5 Å². The van der Waals surface area contributed by atoms with Crippen molar-refractivity contribution in [2.75, 3.05) is 5.43 Å². The largest absolute Gasteiger partial charge is 0.507 e. The van der Waals surface area contributed by atoms with Crippen molar-refractivity contribution in [3.8, 4) is 5.75 Å². The average molecular weight is 248 g/mol. The van der Waals surface area contributed by atoms with Crippen molar-refractivity contribution in [3.05, 3.63) is 53.1 Å². The third kappa shape index (κ3) is 2.32. The third-order valence-corrected chi connectivity index (χ3v) is 3.05. The number of halogens is 1. The van der Waals surface area contributed by atoms with Crippen molar-refractivity contribution in [2.24, 2.45) is 0 Å². The number of aromatic nitrogens is 1. The van der Waals surface area contributed by atoms with Crippen LogP contribution in [0.25, 0.3) is 0 Å². The Morgan fingerprint density at radius 1 is 1.17 bits per heavy atom. The first-order valence-electron chi connectivity index (χ1n) is 5.89. The molecule has 0 amide bonds. The number of nitrogens with zero attached hydrogens (tertiary/aromatic N) is 1. The van der Waals surface area contributed by atoms with Gasteiger partial charge in [-0.1, -0.05) is 6.07 Å². The van der Waals surface area contributed by atoms with Gasteiger partial charge in [0.2, 0.25) is 0 Å². The maximum atomic E-state index is 12.9. The van der Waals surface area contributed by atoms with E-state index in [0.29, 0.717) is 5.56 Å². The van der Waals surface area contributed by atoms with Gasteiger partial charge in [-0.05, 0) is 39.0 Å². The molecule has 1 aromatic carbocycles. The quantitative estimate of drug-likeness (QED) is 0.874. The van der Waals surface area contributed by atoms with E-state index in [1.165, 1.54) is 6.07 Å². The smallest absolute Gasteiger partial charge is 0.126 e. The van der Waals surface area contributed by atoms with Crippen LogP contribution < -0.4 is 5.43 Å². The molecule has 0 saturated heterocycles. The van der Waals surface area contributed by atoms with Gasteiger partial charge >= 0.3 is 0 Å². The highest BCUT2D eigenvalue weighted by Gasteiger charge is 2.12. The van der Waals surface area contributed by atoms with Crippen molar-refractivity contribution < 1.29 is 9.50 Å². The third-order valence-electron chi connectivity index (χ3n) is 3.05. The Hall–Kier alpha value is -1.97. The summed E-state index contributed by atoms with van der Waals surface area (Å²) in [5, 5.41) is 9.74. The molecule has 1 heterocycles. The van der Waals surface area contributed by atoms with Crippen LogP contribution in [0.5, 0.6) is 5.75 Å². The minimum atomic E-state index is -0.434. The normalized spacial score (nSPS) is 12.4. The number of aryl methyl sites for hydroxylation is 2. The summed E-state index contributed by atoms with van der Waals surface area (Å²) < 4.78 is 14.9. The highest BCUT2D eigenvalue weighted by Crippen LogP contribution is 2.25. The molecule has 0 aliphatic rings. The van der Waals surface area contributed by atoms with Gasteiger partial charge in [0.1, 0.15) is 11.6 Å². The Balaban J connectivity index is 2.24. The zero-order chi connectivity index (χ0) is 13.3. The van der Waals surface area contributed by atoms with E-state index in [-0.39, 0.29) is 11.8 Å². The highest BCUT2D eigenvalue weighted by molar-refractivity contribution is 5.36. The van der Waals surface area contributed by atoms with Gasteiger partial charge in [0, 0.05) is 23.0 Å². The fraction of sp³-hybridized carbons (Fsp3) is 0.286. The maximum absolute atomic E-state index is 12.9. The number of aromatic hydroxyl groups is 1. The van der Waals surface area contributed by atoms with Crippen LogP contribution in [0.15, 0.2) is 30.3 Å². The summed E-state index contributed by atoms with van der Waals surface area (Å²) >= 11 is 0. The number of phenolic OH excluding ortho intramolecular Hbond substituents is 1. The fourth-order valence-electron chi connectivity index (χ4n) is 2.02. The minimum absolute atomic E-state index is 0.0301. The van der Waals surface area contributed by atoms with Gasteiger partial charge in [-0.15, -0.1) is 0 Å². The average Bonchev–Trinajstić information content (AvgIpc) is 2.60. The molecule has 1 atom stereocenters. The van der Waals surface area contributed by atoms with Gasteiger partial charge in [0.15, 0.2) is 0 Å². The molecule has 0 saturated carbocycles. The van der Waals surface area contributed by atoms with Crippen molar-refractivity contribution in [2.45, 2.75) is 26.8 Å². The lowest BCUT2D eigenvalue weighted by Gasteiger charge is -2.20. The van der Waals surface area contributed by atoms with Crippen LogP contribution in [0.3, 0.4) is 0 Å². The van der Waals surface area contributed by atoms with E-state index >= 15 is 0 Å². The Bertz CT molecular complexity index is 543. The second kappa shape index (κ2) is 4.72. The summed E-state index contributed by atoms with van der Waals surface area (Å²) in [6.45, 7) is 5.92. The lowest BCUT2D eigenvalue weighted by molar-refractivity contribution is 0.457. The molecule has 3 nitrogen and oxygen atoms in total. The van der Waals surface area contributed by atoms with Crippen molar-refractivity contribution in [1.82, 2.24) is 4.68 Å². The Labute approximate surface area is 106 Å². The topological polar surface area (TPSA) is 37.2 Å². The molecule has 1 aromatic heterocycles. The first kappa shape index (κ1) is 12.5. The lowest BCUT2D eigenvalue weighted by Crippen LogP contribution is -2.21. The molecule has 0 radical (unpaired) electrons. The van der Waals surface area contributed by atoms with Crippen molar-refractivity contribution in [1.29, 1.82) is 0 Å². The summed E-state index contributed by atoms with van der Waals surface area (Å²) in [5.74, 6) is -0.464. The Kier molecular flexibility index (Phi) is 3.28. The number of hydrogen-bond acceptors (Lipinski definition) is 2. The molecule has 0 fully saturated rings. The second-order valence-corrected chi connectivity index (χ2v) is 4.51. The molecule has 0 bridgehead atoms. The van der Waals surface area contributed by atoms with E-state index in [1.54, 1.807) is 6.07 Å². The first-order valence-corrected chi connectivity index (χ1v) is 5.89. The van der Waals surface area contributed by atoms with Crippen LogP contribution in [0.4, 0.5) is 4.39 Å². The molecule has 2 aromatic rings. The Morgan fingerprint density at radius 3 is 2.33 bits per heavy atom. The molecule has 0 spiro atoms. The second-order valence-electron chi connectivity index (χ2n) is 4.51. The van der Waals surface area contributed by atoms with Gasteiger partial charge in [-0.3, -0.25) is 4.68 Å². The molecular formula is C14H17FN2O. The van der Waals surface area contributed by atoms with E-state index in [9.17, 15) is 9.50 Å². The standard InChI is InChI=1S/C14H17FN2O/c1-9-4-5-10(2)17(9)16-11(3)13-7-6-12(15)8-14(13)18/h4-8,11,16,18H,1-3H3. The van der Waals surface area contributed by atoms with Crippen molar-refractivity contribution in [3.63, 3.8) is 0 Å². The maximum Gasteiger partial charge on any atom is 0.126 e. The summed E-state index contributed by atoms with van der Waals surface area (Å²) in [6, 6.07) is 7.98. The minimum Gasteiger partial charge on any atom is -0.507 e. The molecule has 2 N–H and O–H groups in total. The number of phenols is 1. The van der Waals surface area contributed by atoms with Gasteiger partial charge in [0.25, 0.3) is 0 Å². The summed E-state index contributed by atoms with van der Waals surface area (Å²) in [6.07, 6.45) is 0. The fourth-order valence-corrected chi connectivity index (χ4v) is 2.02. The molecule has 0 aliphatic heterocycles. The molecule has 1 unspecified atom stereocenters. The van der Waals surface area contributed by atoms with E-state index in [4.69, 9.17) is 0 Å². The molecule has 0 aliphatic carbocycles. The molecule has 96 valence electrons. The number of rotatable bonds is 3. The summed E-state index contributed by atoms with van der Waals surface area (Å²) in [5.41, 5.74) is 6.11. The van der Waals surface area contributed by atoms with Crippen LogP contribution in [0, 0.1) is 19.7 Å². The SMILES string of the molecule is Cc1ccc(C)n1NC(C)c1ccc(F)cc1O. The zero-order valence-corrected chi connectivity index (χ0v) is 10.7. The van der Waals surface area contributed by atoms with Gasteiger partial charge < -0.3 is 10.5 Å². The van der Waals surface area contributed by atoms with E-state index in [2.05, 4.69) is 5.43 Å². The van der Waals surface area contributed by atoms with Crippen LogP contribution in [0.1, 0.15) is 29.9 Å². The van der Waals surface area contributed by atoms with Gasteiger partial charge in [-0.25, -0.2) is 4.39 Å². The Morgan fingerprint density at radius 2 is 1.78 bits per heavy atom. The van der Waals surface area contributed by atoms with Crippen LogP contribution >= 0.6 is 0 Å². The molecule has 4 heteroatoms. The van der Waals surface area contributed by atoms with E-state index in [1.807, 2.05) is 37.6 Å². The van der Waals surface area contributed by atoms with Crippen LogP contribution in [0.2, 0.25) is 0 Å². The number of hydrogen-bond donors (Lipinski definition) is 2. The molecular weight excluding hydrogens is 231 g/mol. The number of nitrogens with one attached hydrogen (secondary N) is 1. The first-order chi connectivity index (χ1) is 8.49. The predicted octanol–water partition coefficient (Wildman–Crippen LogP) is 3.25. The zero-order valence-electron chi connectivity index (χ0n) is 10.7. The lowest BCUT2D eigenvalue weighted by atomic mass is 10.1. The van der Waals surface area contributed by atoms with Gasteiger partial charge in [-0.2, -0.15) is 0 Å². The van der Waals surface area contributed by atoms with Crippen molar-refractivity contribution >= 4 is 0 Å². The monoisotopic (exact) mass is 248 g/mol. The molecule has 2 rings (SSSR count).